The maximum Gasteiger partial charge on any atom is 0.253 e. The molecular formula is C11H23ClN2O2S. The molecule has 1 rings (SSSR count). The third kappa shape index (κ3) is 5.46. The molecule has 2 atom stereocenters. The zero-order valence-corrected chi connectivity index (χ0v) is 12.4. The quantitative estimate of drug-likeness (QED) is 0.817. The Hall–Kier alpha value is 0.0300. The standard InChI is InChI=1S/C11H22N2O2S.ClH/c1-9(4-7-16-3)13(2)11(14)10-8-12-5-6-15-10;/h9-10,12H,4-8H2,1-3H3;1H. The summed E-state index contributed by atoms with van der Waals surface area (Å²) >= 11 is 1.81. The number of halogens is 1. The Morgan fingerprint density at radius 3 is 2.88 bits per heavy atom. The number of carbonyl (C=O) groups is 1. The second-order valence-electron chi connectivity index (χ2n) is 4.14. The summed E-state index contributed by atoms with van der Waals surface area (Å²) in [5.41, 5.74) is 0. The number of ether oxygens (including phenoxy) is 1. The van der Waals surface area contributed by atoms with Gasteiger partial charge in [-0.25, -0.2) is 0 Å². The van der Waals surface area contributed by atoms with E-state index in [1.165, 1.54) is 0 Å². The van der Waals surface area contributed by atoms with E-state index in [0.717, 1.165) is 18.7 Å². The van der Waals surface area contributed by atoms with Gasteiger partial charge in [-0.1, -0.05) is 0 Å². The molecule has 1 N–H and O–H groups in total. The summed E-state index contributed by atoms with van der Waals surface area (Å²) in [6, 6.07) is 0.283. The Kier molecular flexibility index (Phi) is 9.04. The van der Waals surface area contributed by atoms with Gasteiger partial charge in [0.2, 0.25) is 0 Å². The van der Waals surface area contributed by atoms with Crippen molar-refractivity contribution >= 4 is 30.1 Å². The third-order valence-electron chi connectivity index (χ3n) is 2.95. The molecule has 1 saturated heterocycles. The van der Waals surface area contributed by atoms with E-state index in [1.54, 1.807) is 0 Å². The van der Waals surface area contributed by atoms with Crippen LogP contribution in [0.2, 0.25) is 0 Å². The highest BCUT2D eigenvalue weighted by molar-refractivity contribution is 7.98. The van der Waals surface area contributed by atoms with Crippen molar-refractivity contribution in [1.82, 2.24) is 10.2 Å². The molecule has 2 unspecified atom stereocenters. The van der Waals surface area contributed by atoms with Gasteiger partial charge in [0.1, 0.15) is 6.10 Å². The topological polar surface area (TPSA) is 41.6 Å². The molecule has 1 aliphatic rings. The molecule has 1 heterocycles. The second kappa shape index (κ2) is 9.03. The van der Waals surface area contributed by atoms with Crippen molar-refractivity contribution in [2.75, 3.05) is 38.8 Å². The van der Waals surface area contributed by atoms with Gasteiger partial charge in [-0.3, -0.25) is 4.79 Å². The van der Waals surface area contributed by atoms with Gasteiger partial charge in [0, 0.05) is 26.2 Å². The van der Waals surface area contributed by atoms with E-state index in [9.17, 15) is 4.79 Å². The molecule has 6 heteroatoms. The monoisotopic (exact) mass is 282 g/mol. The fourth-order valence-electron chi connectivity index (χ4n) is 1.65. The van der Waals surface area contributed by atoms with Crippen LogP contribution in [0.3, 0.4) is 0 Å². The van der Waals surface area contributed by atoms with Crippen molar-refractivity contribution in [1.29, 1.82) is 0 Å². The number of hydrogen-bond donors (Lipinski definition) is 1. The number of rotatable bonds is 5. The maximum atomic E-state index is 12.1. The maximum absolute atomic E-state index is 12.1. The molecule has 0 bridgehead atoms. The SMILES string of the molecule is CSCCC(C)N(C)C(=O)C1CNCCO1.Cl. The summed E-state index contributed by atoms with van der Waals surface area (Å²) in [6.07, 6.45) is 2.82. The van der Waals surface area contributed by atoms with Crippen molar-refractivity contribution < 1.29 is 9.53 Å². The summed E-state index contributed by atoms with van der Waals surface area (Å²) in [4.78, 5) is 13.9. The molecule has 0 radical (unpaired) electrons. The number of likely N-dealkylation sites (N-methyl/N-ethyl adjacent to an activating group) is 1. The Bertz CT molecular complexity index is 226. The van der Waals surface area contributed by atoms with Crippen molar-refractivity contribution in [3.05, 3.63) is 0 Å². The summed E-state index contributed by atoms with van der Waals surface area (Å²) in [6.45, 7) is 4.20. The van der Waals surface area contributed by atoms with Gasteiger partial charge in [0.05, 0.1) is 6.61 Å². The van der Waals surface area contributed by atoms with Crippen LogP contribution in [-0.2, 0) is 9.53 Å². The van der Waals surface area contributed by atoms with Gasteiger partial charge < -0.3 is 15.0 Å². The molecule has 0 aliphatic carbocycles. The average molecular weight is 283 g/mol. The van der Waals surface area contributed by atoms with Gasteiger partial charge in [0.25, 0.3) is 5.91 Å². The number of carbonyl (C=O) groups excluding carboxylic acids is 1. The van der Waals surface area contributed by atoms with E-state index in [1.807, 2.05) is 23.7 Å². The van der Waals surface area contributed by atoms with Crippen molar-refractivity contribution in [3.8, 4) is 0 Å². The fourth-order valence-corrected chi connectivity index (χ4v) is 2.23. The number of nitrogens with zero attached hydrogens (tertiary/aromatic N) is 1. The summed E-state index contributed by atoms with van der Waals surface area (Å²) in [5.74, 6) is 1.18. The largest absolute Gasteiger partial charge is 0.366 e. The van der Waals surface area contributed by atoms with E-state index in [4.69, 9.17) is 4.74 Å². The molecule has 0 aromatic heterocycles. The van der Waals surface area contributed by atoms with Crippen molar-refractivity contribution in [3.63, 3.8) is 0 Å². The lowest BCUT2D eigenvalue weighted by Crippen LogP contribution is -2.50. The Morgan fingerprint density at radius 1 is 1.65 bits per heavy atom. The van der Waals surface area contributed by atoms with E-state index in [-0.39, 0.29) is 30.5 Å². The van der Waals surface area contributed by atoms with E-state index in [2.05, 4.69) is 18.5 Å². The summed E-state index contributed by atoms with van der Waals surface area (Å²) in [7, 11) is 1.87. The summed E-state index contributed by atoms with van der Waals surface area (Å²) < 4.78 is 5.46. The molecule has 1 amide bonds. The van der Waals surface area contributed by atoms with Gasteiger partial charge in [0.15, 0.2) is 0 Å². The lowest BCUT2D eigenvalue weighted by atomic mass is 10.2. The molecule has 1 aliphatic heterocycles. The predicted molar refractivity (Wildman–Crippen MR) is 75.1 cm³/mol. The van der Waals surface area contributed by atoms with E-state index < -0.39 is 0 Å². The first-order chi connectivity index (χ1) is 7.66. The normalized spacial score (nSPS) is 21.5. The molecule has 0 saturated carbocycles. The van der Waals surface area contributed by atoms with Crippen molar-refractivity contribution in [2.45, 2.75) is 25.5 Å². The third-order valence-corrected chi connectivity index (χ3v) is 3.60. The highest BCUT2D eigenvalue weighted by atomic mass is 35.5. The van der Waals surface area contributed by atoms with Crippen LogP contribution in [0.5, 0.6) is 0 Å². The molecule has 0 aromatic rings. The number of thioether (sulfide) groups is 1. The number of morpholine rings is 1. The van der Waals surface area contributed by atoms with Crippen LogP contribution in [0.25, 0.3) is 0 Å². The average Bonchev–Trinajstić information content (AvgIpc) is 2.35. The minimum atomic E-state index is -0.296. The van der Waals surface area contributed by atoms with Gasteiger partial charge in [-0.2, -0.15) is 11.8 Å². The smallest absolute Gasteiger partial charge is 0.253 e. The van der Waals surface area contributed by atoms with Gasteiger partial charge in [-0.05, 0) is 25.4 Å². The molecule has 17 heavy (non-hydrogen) atoms. The van der Waals surface area contributed by atoms with Crippen LogP contribution in [0.1, 0.15) is 13.3 Å². The first-order valence-electron chi connectivity index (χ1n) is 5.74. The van der Waals surface area contributed by atoms with E-state index >= 15 is 0 Å². The second-order valence-corrected chi connectivity index (χ2v) is 5.13. The number of nitrogens with one attached hydrogen (secondary N) is 1. The Labute approximate surface area is 114 Å². The van der Waals surface area contributed by atoms with Crippen LogP contribution < -0.4 is 5.32 Å². The minimum Gasteiger partial charge on any atom is -0.366 e. The van der Waals surface area contributed by atoms with Crippen LogP contribution in [-0.4, -0.2) is 61.7 Å². The molecule has 102 valence electrons. The zero-order valence-electron chi connectivity index (χ0n) is 10.8. The number of hydrogen-bond acceptors (Lipinski definition) is 4. The van der Waals surface area contributed by atoms with Gasteiger partial charge >= 0.3 is 0 Å². The Morgan fingerprint density at radius 2 is 2.35 bits per heavy atom. The molecule has 4 nitrogen and oxygen atoms in total. The molecule has 1 fully saturated rings. The zero-order chi connectivity index (χ0) is 12.0. The number of amides is 1. The van der Waals surface area contributed by atoms with Crippen LogP contribution >= 0.6 is 24.2 Å². The summed E-state index contributed by atoms with van der Waals surface area (Å²) in [5, 5.41) is 3.18. The molecular weight excluding hydrogens is 260 g/mol. The van der Waals surface area contributed by atoms with Crippen molar-refractivity contribution in [2.24, 2.45) is 0 Å². The van der Waals surface area contributed by atoms with Crippen LogP contribution in [0, 0.1) is 0 Å². The highest BCUT2D eigenvalue weighted by Crippen LogP contribution is 2.09. The lowest BCUT2D eigenvalue weighted by molar-refractivity contribution is -0.145. The first kappa shape index (κ1) is 17.0. The first-order valence-corrected chi connectivity index (χ1v) is 7.14. The minimum absolute atomic E-state index is 0. The fraction of sp³-hybridized carbons (Fsp3) is 0.909. The van der Waals surface area contributed by atoms with Crippen LogP contribution in [0.4, 0.5) is 0 Å². The Balaban J connectivity index is 0.00000256. The molecule has 0 spiro atoms. The van der Waals surface area contributed by atoms with Gasteiger partial charge in [-0.15, -0.1) is 12.4 Å². The lowest BCUT2D eigenvalue weighted by Gasteiger charge is -2.31. The van der Waals surface area contributed by atoms with Crippen LogP contribution in [0.15, 0.2) is 0 Å². The van der Waals surface area contributed by atoms with E-state index in [0.29, 0.717) is 13.2 Å². The predicted octanol–water partition coefficient (Wildman–Crippen LogP) is 0.997. The highest BCUT2D eigenvalue weighted by Gasteiger charge is 2.26. The molecule has 0 aromatic carbocycles.